The molecule has 0 spiro atoms. The third-order valence-corrected chi connectivity index (χ3v) is 0. The van der Waals surface area contributed by atoms with E-state index >= 15 is 0 Å². The van der Waals surface area contributed by atoms with Gasteiger partial charge in [-0.2, -0.15) is 0 Å². The molecule has 6 heteroatoms. The predicted octanol–water partition coefficient (Wildman–Crippen LogP) is -2.08. The molecule has 6 heavy (non-hydrogen) atoms. The minimum absolute atomic E-state index is 0. The minimum atomic E-state index is -3.94. The van der Waals surface area contributed by atoms with E-state index in [0.717, 1.165) is 0 Å². The van der Waals surface area contributed by atoms with Gasteiger partial charge in [0.05, 0.1) is 0 Å². The third kappa shape index (κ3) is 50.1. The van der Waals surface area contributed by atoms with Crippen LogP contribution in [0.4, 0.5) is 0 Å². The summed E-state index contributed by atoms with van der Waals surface area (Å²) in [7, 11) is 0. The summed E-state index contributed by atoms with van der Waals surface area (Å²) in [5.41, 5.74) is 0. The molecule has 0 aliphatic heterocycles. The van der Waals surface area contributed by atoms with Crippen molar-refractivity contribution < 1.29 is 49.2 Å². The van der Waals surface area contributed by atoms with Crippen molar-refractivity contribution >= 4 is 18.9 Å². The summed E-state index contributed by atoms with van der Waals surface area (Å²) in [5, 5.41) is 0. The van der Waals surface area contributed by atoms with Crippen molar-refractivity contribution in [2.45, 2.75) is 0 Å². The predicted molar refractivity (Wildman–Crippen MR) is 8.52 cm³/mol. The Morgan fingerprint density at radius 2 is 1.33 bits per heavy atom. The Bertz CT molecular complexity index is 59.2. The maximum absolute atomic E-state index is 8.56. The first-order valence-corrected chi connectivity index (χ1v) is 2.26. The average Bonchev–Trinajstić information content (AvgIpc) is 0.811. The van der Waals surface area contributed by atoms with Crippen LogP contribution in [0.3, 0.4) is 0 Å². The van der Waals surface area contributed by atoms with Gasteiger partial charge in [0, 0.05) is 0 Å². The average molecular weight is 215 g/mol. The second-order valence-corrected chi connectivity index (χ2v) is 0.922. The van der Waals surface area contributed by atoms with Crippen LogP contribution in [-0.4, -0.2) is 18.9 Å². The fraction of sp³-hybridized carbons (Fsp3) is 0. The van der Waals surface area contributed by atoms with Gasteiger partial charge in [0.1, 0.15) is 0 Å². The Labute approximate surface area is 67.5 Å². The van der Waals surface area contributed by atoms with Gasteiger partial charge in [-0.3, -0.25) is 0 Å². The first kappa shape index (κ1) is 15.6. The zero-order valence-corrected chi connectivity index (χ0v) is 4.85. The Hall–Kier alpha value is 1.48. The SMILES string of the molecule is [Ag+].[LiH].[O]=[V](=[O])[O-]. The van der Waals surface area contributed by atoms with Gasteiger partial charge >= 0.3 is 68.0 Å². The van der Waals surface area contributed by atoms with Gasteiger partial charge in [-0.05, 0) is 0 Å². The molecule has 0 aliphatic rings. The Balaban J connectivity index is -0.0000000450. The summed E-state index contributed by atoms with van der Waals surface area (Å²) in [4.78, 5) is 0. The molecule has 0 fully saturated rings. The van der Waals surface area contributed by atoms with Crippen LogP contribution in [0, 0.1) is 0 Å². The van der Waals surface area contributed by atoms with Crippen molar-refractivity contribution in [2.24, 2.45) is 0 Å². The van der Waals surface area contributed by atoms with Crippen LogP contribution in [0.15, 0.2) is 0 Å². The molecule has 0 aromatic rings. The maximum atomic E-state index is 8.56. The number of hydrogen-bond acceptors (Lipinski definition) is 3. The first-order valence-electron chi connectivity index (χ1n) is 0.548. The van der Waals surface area contributed by atoms with E-state index in [2.05, 4.69) is 0 Å². The summed E-state index contributed by atoms with van der Waals surface area (Å²) in [6, 6.07) is 0. The second kappa shape index (κ2) is 9.70. The molecule has 0 amide bonds. The van der Waals surface area contributed by atoms with Crippen molar-refractivity contribution in [3.8, 4) is 0 Å². The molecule has 3 nitrogen and oxygen atoms in total. The molecular weight excluding hydrogens is 214 g/mol. The van der Waals surface area contributed by atoms with Crippen molar-refractivity contribution in [1.29, 1.82) is 0 Å². The van der Waals surface area contributed by atoms with Crippen molar-refractivity contribution in [3.63, 3.8) is 0 Å². The molecular formula is HAgLiO3V. The van der Waals surface area contributed by atoms with Crippen LogP contribution in [0.25, 0.3) is 0 Å². The number of hydrogen-bond donors (Lipinski definition) is 0. The quantitative estimate of drug-likeness (QED) is 0.435. The standard InChI is InChI=1S/Ag.Li.3O.V.H/q+1;;;;-1;;. The number of rotatable bonds is 0. The van der Waals surface area contributed by atoms with E-state index in [1.165, 1.54) is 0 Å². The molecule has 0 radical (unpaired) electrons. The molecule has 0 unspecified atom stereocenters. The third-order valence-electron chi connectivity index (χ3n) is 0. The van der Waals surface area contributed by atoms with Crippen LogP contribution in [0.1, 0.15) is 0 Å². The molecule has 0 saturated carbocycles. The molecule has 0 aromatic heterocycles. The van der Waals surface area contributed by atoms with Gasteiger partial charge in [0.15, 0.2) is 0 Å². The summed E-state index contributed by atoms with van der Waals surface area (Å²) in [6.45, 7) is 0. The van der Waals surface area contributed by atoms with Crippen LogP contribution in [-0.2, 0) is 45.1 Å². The molecule has 0 bridgehead atoms. The second-order valence-electron chi connectivity index (χ2n) is 0.224. The summed E-state index contributed by atoms with van der Waals surface area (Å²) in [5.74, 6) is 0. The molecule has 0 saturated heterocycles. The first-order chi connectivity index (χ1) is 1.73. The van der Waals surface area contributed by atoms with Crippen LogP contribution in [0.5, 0.6) is 0 Å². The van der Waals surface area contributed by atoms with E-state index in [1.807, 2.05) is 0 Å². The van der Waals surface area contributed by atoms with E-state index in [-0.39, 0.29) is 41.2 Å². The molecule has 0 atom stereocenters. The van der Waals surface area contributed by atoms with Gasteiger partial charge in [0.2, 0.25) is 0 Å². The van der Waals surface area contributed by atoms with Gasteiger partial charge < -0.3 is 0 Å². The fourth-order valence-electron chi connectivity index (χ4n) is 0. The fourth-order valence-corrected chi connectivity index (χ4v) is 0. The monoisotopic (exact) mass is 214 g/mol. The van der Waals surface area contributed by atoms with E-state index in [0.29, 0.717) is 0 Å². The Morgan fingerprint density at radius 1 is 1.33 bits per heavy atom. The Morgan fingerprint density at radius 3 is 1.33 bits per heavy atom. The summed E-state index contributed by atoms with van der Waals surface area (Å²) >= 11 is -3.94. The van der Waals surface area contributed by atoms with Gasteiger partial charge in [-0.1, -0.05) is 0 Å². The molecule has 0 aliphatic carbocycles. The molecule has 0 aromatic carbocycles. The molecule has 0 rings (SSSR count). The van der Waals surface area contributed by atoms with E-state index in [9.17, 15) is 0 Å². The van der Waals surface area contributed by atoms with Gasteiger partial charge in [0.25, 0.3) is 0 Å². The summed E-state index contributed by atoms with van der Waals surface area (Å²) in [6.07, 6.45) is 0. The van der Waals surface area contributed by atoms with Crippen molar-refractivity contribution in [2.75, 3.05) is 0 Å². The van der Waals surface area contributed by atoms with Crippen LogP contribution in [0.2, 0.25) is 0 Å². The van der Waals surface area contributed by atoms with E-state index in [4.69, 9.17) is 11.4 Å². The molecule has 36 valence electrons. The van der Waals surface area contributed by atoms with Crippen LogP contribution >= 0.6 is 0 Å². The van der Waals surface area contributed by atoms with Gasteiger partial charge in [-0.15, -0.1) is 0 Å². The van der Waals surface area contributed by atoms with Crippen molar-refractivity contribution in [3.05, 3.63) is 0 Å². The molecule has 0 heterocycles. The molecule has 0 N–H and O–H groups in total. The topological polar surface area (TPSA) is 57.2 Å². The zero-order valence-electron chi connectivity index (χ0n) is 1.97. The Kier molecular flexibility index (Phi) is 25.3. The van der Waals surface area contributed by atoms with E-state index in [1.54, 1.807) is 0 Å². The van der Waals surface area contributed by atoms with Crippen molar-refractivity contribution in [1.82, 2.24) is 0 Å². The normalized spacial score (nSPS) is 4.17. The van der Waals surface area contributed by atoms with Crippen LogP contribution < -0.4 is 4.03 Å². The van der Waals surface area contributed by atoms with E-state index < -0.39 is 15.4 Å². The summed E-state index contributed by atoms with van der Waals surface area (Å²) < 4.78 is 25.7. The van der Waals surface area contributed by atoms with Gasteiger partial charge in [-0.25, -0.2) is 0 Å². The zero-order chi connectivity index (χ0) is 3.58.